The molecule has 2 aromatic rings. The van der Waals surface area contributed by atoms with Crippen LogP contribution in [0.15, 0.2) is 59.5 Å². The predicted molar refractivity (Wildman–Crippen MR) is 114 cm³/mol. The van der Waals surface area contributed by atoms with Gasteiger partial charge in [0, 0.05) is 0 Å². The monoisotopic (exact) mass is 413 g/mol. The Bertz CT molecular complexity index is 927. The van der Waals surface area contributed by atoms with Crippen LogP contribution in [0.3, 0.4) is 0 Å². The molecule has 1 aliphatic rings. The highest BCUT2D eigenvalue weighted by Gasteiger charge is 2.42. The Balaban J connectivity index is 1.96. The number of thiocarbonyl (C=S) groups is 1. The van der Waals surface area contributed by atoms with Gasteiger partial charge in [0.25, 0.3) is 5.91 Å². The first-order valence-electron chi connectivity index (χ1n) is 8.68. The third-order valence-electron chi connectivity index (χ3n) is 4.10. The number of nitrogens with zero attached hydrogens (tertiary/aromatic N) is 1. The van der Waals surface area contributed by atoms with Crippen molar-refractivity contribution in [3.8, 4) is 5.75 Å². The van der Waals surface area contributed by atoms with E-state index in [0.29, 0.717) is 20.5 Å². The van der Waals surface area contributed by atoms with Crippen LogP contribution in [-0.2, 0) is 14.3 Å². The van der Waals surface area contributed by atoms with E-state index in [0.717, 1.165) is 5.56 Å². The molecule has 1 amide bonds. The Morgan fingerprint density at radius 3 is 2.64 bits per heavy atom. The molecule has 0 radical (unpaired) electrons. The van der Waals surface area contributed by atoms with Crippen molar-refractivity contribution in [2.24, 2.45) is 0 Å². The van der Waals surface area contributed by atoms with Crippen molar-refractivity contribution < 1.29 is 19.1 Å². The molecule has 0 aliphatic carbocycles. The van der Waals surface area contributed by atoms with Gasteiger partial charge in [-0.2, -0.15) is 0 Å². The van der Waals surface area contributed by atoms with E-state index in [1.165, 1.54) is 16.7 Å². The maximum atomic E-state index is 13.1. The molecule has 0 saturated carbocycles. The van der Waals surface area contributed by atoms with E-state index in [4.69, 9.17) is 21.7 Å². The summed E-state index contributed by atoms with van der Waals surface area (Å²) in [6.45, 7) is 1.95. The van der Waals surface area contributed by atoms with Crippen LogP contribution in [0.2, 0.25) is 0 Å². The smallest absolute Gasteiger partial charge is 0.333 e. The van der Waals surface area contributed by atoms with Crippen molar-refractivity contribution in [3.05, 3.63) is 70.6 Å². The molecular formula is C21H19NO4S2. The van der Waals surface area contributed by atoms with E-state index in [1.807, 2.05) is 42.5 Å². The average molecular weight is 414 g/mol. The molecule has 1 fully saturated rings. The fourth-order valence-electron chi connectivity index (χ4n) is 2.83. The second kappa shape index (κ2) is 9.03. The first kappa shape index (κ1) is 20.1. The minimum atomic E-state index is -0.912. The van der Waals surface area contributed by atoms with Crippen LogP contribution in [0.4, 0.5) is 0 Å². The lowest BCUT2D eigenvalue weighted by Crippen LogP contribution is -2.38. The van der Waals surface area contributed by atoms with Crippen LogP contribution in [-0.4, -0.2) is 34.8 Å². The van der Waals surface area contributed by atoms with Gasteiger partial charge in [-0.25, -0.2) is 4.79 Å². The molecule has 0 N–H and O–H groups in total. The number of hydrogen-bond acceptors (Lipinski definition) is 6. The fourth-order valence-corrected chi connectivity index (χ4v) is 4.15. The van der Waals surface area contributed by atoms with Gasteiger partial charge in [-0.15, -0.1) is 0 Å². The number of benzene rings is 2. The van der Waals surface area contributed by atoms with Crippen LogP contribution in [0.25, 0.3) is 6.08 Å². The van der Waals surface area contributed by atoms with Gasteiger partial charge >= 0.3 is 5.97 Å². The molecule has 3 rings (SSSR count). The number of carbonyl (C=O) groups excluding carboxylic acids is 2. The number of carbonyl (C=O) groups is 2. The third kappa shape index (κ3) is 4.26. The molecule has 1 heterocycles. The van der Waals surface area contributed by atoms with E-state index in [9.17, 15) is 9.59 Å². The van der Waals surface area contributed by atoms with E-state index in [-0.39, 0.29) is 12.5 Å². The molecule has 0 aromatic heterocycles. The average Bonchev–Trinajstić information content (AvgIpc) is 2.97. The van der Waals surface area contributed by atoms with Gasteiger partial charge in [0.2, 0.25) is 0 Å². The Morgan fingerprint density at radius 1 is 1.21 bits per heavy atom. The van der Waals surface area contributed by atoms with Crippen molar-refractivity contribution in [1.29, 1.82) is 0 Å². The van der Waals surface area contributed by atoms with Crippen LogP contribution >= 0.6 is 24.0 Å². The highest BCUT2D eigenvalue weighted by Crippen LogP contribution is 2.39. The molecule has 1 saturated heterocycles. The lowest BCUT2D eigenvalue weighted by Gasteiger charge is -2.25. The van der Waals surface area contributed by atoms with Crippen LogP contribution in [0, 0.1) is 0 Å². The Morgan fingerprint density at radius 2 is 1.96 bits per heavy atom. The first-order chi connectivity index (χ1) is 13.5. The molecule has 0 spiro atoms. The Hall–Kier alpha value is -2.64. The molecule has 1 aliphatic heterocycles. The van der Waals surface area contributed by atoms with Crippen molar-refractivity contribution in [1.82, 2.24) is 4.90 Å². The highest BCUT2D eigenvalue weighted by atomic mass is 32.2. The number of hydrogen-bond donors (Lipinski definition) is 0. The quantitative estimate of drug-likeness (QED) is 0.402. The first-order valence-corrected chi connectivity index (χ1v) is 9.90. The summed E-state index contributed by atoms with van der Waals surface area (Å²) < 4.78 is 10.8. The van der Waals surface area contributed by atoms with Crippen LogP contribution in [0.5, 0.6) is 5.75 Å². The number of rotatable bonds is 6. The van der Waals surface area contributed by atoms with Gasteiger partial charge in [-0.1, -0.05) is 66.4 Å². The SMILES string of the molecule is CCOC(=O)C(c1ccccc1)N1C(=O)/C(=C\c2cccc(OC)c2)SC1=S. The highest BCUT2D eigenvalue weighted by molar-refractivity contribution is 8.26. The largest absolute Gasteiger partial charge is 0.497 e. The number of esters is 1. The molecule has 28 heavy (non-hydrogen) atoms. The maximum Gasteiger partial charge on any atom is 0.333 e. The van der Waals surface area contributed by atoms with Crippen molar-refractivity contribution in [2.45, 2.75) is 13.0 Å². The number of ether oxygens (including phenoxy) is 2. The second-order valence-electron chi connectivity index (χ2n) is 5.89. The Kier molecular flexibility index (Phi) is 6.49. The van der Waals surface area contributed by atoms with Crippen molar-refractivity contribution >= 4 is 46.3 Å². The predicted octanol–water partition coefficient (Wildman–Crippen LogP) is 4.20. The van der Waals surface area contributed by atoms with E-state index in [1.54, 1.807) is 32.2 Å². The zero-order valence-corrected chi connectivity index (χ0v) is 17.1. The van der Waals surface area contributed by atoms with Crippen molar-refractivity contribution in [2.75, 3.05) is 13.7 Å². The number of methoxy groups -OCH3 is 1. The van der Waals surface area contributed by atoms with E-state index < -0.39 is 12.0 Å². The molecule has 1 atom stereocenters. The second-order valence-corrected chi connectivity index (χ2v) is 7.57. The van der Waals surface area contributed by atoms with E-state index in [2.05, 4.69) is 0 Å². The minimum absolute atomic E-state index is 0.219. The zero-order chi connectivity index (χ0) is 20.1. The molecule has 2 aromatic carbocycles. The van der Waals surface area contributed by atoms with Gasteiger partial charge in [0.05, 0.1) is 18.6 Å². The van der Waals surface area contributed by atoms with Gasteiger partial charge in [0.1, 0.15) is 10.1 Å². The fraction of sp³-hybridized carbons (Fsp3) is 0.190. The van der Waals surface area contributed by atoms with Gasteiger partial charge in [0.15, 0.2) is 6.04 Å². The normalized spacial score (nSPS) is 16.4. The van der Waals surface area contributed by atoms with Crippen LogP contribution < -0.4 is 4.74 Å². The summed E-state index contributed by atoms with van der Waals surface area (Å²) in [6.07, 6.45) is 1.75. The topological polar surface area (TPSA) is 55.8 Å². The minimum Gasteiger partial charge on any atom is -0.497 e. The van der Waals surface area contributed by atoms with Crippen LogP contribution in [0.1, 0.15) is 24.1 Å². The summed E-state index contributed by atoms with van der Waals surface area (Å²) in [7, 11) is 1.59. The number of thioether (sulfide) groups is 1. The van der Waals surface area contributed by atoms with Crippen molar-refractivity contribution in [3.63, 3.8) is 0 Å². The summed E-state index contributed by atoms with van der Waals surface area (Å²) in [4.78, 5) is 27.5. The zero-order valence-electron chi connectivity index (χ0n) is 15.5. The number of amides is 1. The van der Waals surface area contributed by atoms with Gasteiger partial charge in [-0.05, 0) is 36.3 Å². The Labute approximate surface area is 173 Å². The standard InChI is InChI=1S/C21H19NO4S2/c1-3-26-20(24)18(15-9-5-4-6-10-15)22-19(23)17(28-21(22)27)13-14-8-7-11-16(12-14)25-2/h4-13,18H,3H2,1-2H3/b17-13+. The molecule has 7 heteroatoms. The maximum absolute atomic E-state index is 13.1. The third-order valence-corrected chi connectivity index (χ3v) is 5.43. The summed E-state index contributed by atoms with van der Waals surface area (Å²) in [5, 5.41) is 0. The van der Waals surface area contributed by atoms with Gasteiger partial charge in [-0.3, -0.25) is 9.69 Å². The summed E-state index contributed by atoms with van der Waals surface area (Å²) >= 11 is 6.60. The molecule has 0 bridgehead atoms. The summed E-state index contributed by atoms with van der Waals surface area (Å²) in [5.74, 6) is -0.134. The molecule has 5 nitrogen and oxygen atoms in total. The molecular weight excluding hydrogens is 394 g/mol. The van der Waals surface area contributed by atoms with E-state index >= 15 is 0 Å². The lowest BCUT2D eigenvalue weighted by atomic mass is 10.1. The van der Waals surface area contributed by atoms with Gasteiger partial charge < -0.3 is 9.47 Å². The summed E-state index contributed by atoms with van der Waals surface area (Å²) in [5.41, 5.74) is 1.46. The molecule has 1 unspecified atom stereocenters. The lowest BCUT2D eigenvalue weighted by molar-refractivity contribution is -0.151. The molecule has 144 valence electrons. The summed E-state index contributed by atoms with van der Waals surface area (Å²) in [6, 6.07) is 15.5.